The highest BCUT2D eigenvalue weighted by Gasteiger charge is 2.24. The third kappa shape index (κ3) is 4.54. The highest BCUT2D eigenvalue weighted by molar-refractivity contribution is 7.08. The first-order valence-electron chi connectivity index (χ1n) is 6.48. The second-order valence-corrected chi connectivity index (χ2v) is 5.73. The number of carbonyl (C=O) groups is 1. The molecule has 1 atom stereocenters. The molecule has 2 aromatic rings. The van der Waals surface area contributed by atoms with E-state index in [0.29, 0.717) is 5.56 Å². The summed E-state index contributed by atoms with van der Waals surface area (Å²) < 4.78 is 13.0. The lowest BCUT2D eigenvalue weighted by molar-refractivity contribution is 0.0598. The lowest BCUT2D eigenvalue weighted by Gasteiger charge is -2.22. The second kappa shape index (κ2) is 6.69. The van der Waals surface area contributed by atoms with Crippen LogP contribution in [0.3, 0.4) is 0 Å². The van der Waals surface area contributed by atoms with Crippen LogP contribution in [0.25, 0.3) is 0 Å². The number of carbonyl (C=O) groups excluding carboxylic acids is 1. The average Bonchev–Trinajstić information content (AvgIpc) is 2.98. The fraction of sp³-hybridized carbons (Fsp3) is 0.267. The number of benzene rings is 1. The molecule has 1 unspecified atom stereocenters. The second-order valence-electron chi connectivity index (χ2n) is 4.95. The lowest BCUT2D eigenvalue weighted by atomic mass is 9.99. The minimum Gasteiger partial charge on any atom is -0.384 e. The monoisotopic (exact) mass is 308 g/mol. The van der Waals surface area contributed by atoms with Crippen molar-refractivity contribution in [2.24, 2.45) is 0 Å². The van der Waals surface area contributed by atoms with Gasteiger partial charge in [-0.3, -0.25) is 0 Å². The molecule has 4 nitrogen and oxygen atoms in total. The molecule has 0 fully saturated rings. The number of aliphatic hydroxyl groups is 1. The van der Waals surface area contributed by atoms with Crippen LogP contribution in [0.5, 0.6) is 0 Å². The Labute approximate surface area is 126 Å². The van der Waals surface area contributed by atoms with Crippen LogP contribution in [0.15, 0.2) is 41.1 Å². The molecule has 0 radical (unpaired) electrons. The summed E-state index contributed by atoms with van der Waals surface area (Å²) in [4.78, 5) is 11.7. The van der Waals surface area contributed by atoms with Gasteiger partial charge < -0.3 is 15.7 Å². The highest BCUT2D eigenvalue weighted by atomic mass is 32.1. The van der Waals surface area contributed by atoms with E-state index in [0.717, 1.165) is 5.56 Å². The first-order valence-corrected chi connectivity index (χ1v) is 7.43. The van der Waals surface area contributed by atoms with E-state index in [1.54, 1.807) is 19.1 Å². The summed E-state index contributed by atoms with van der Waals surface area (Å²) in [6.07, 6.45) is 0. The van der Waals surface area contributed by atoms with Gasteiger partial charge in [0.1, 0.15) is 11.4 Å². The maximum Gasteiger partial charge on any atom is 0.315 e. The Morgan fingerprint density at radius 3 is 2.86 bits per heavy atom. The van der Waals surface area contributed by atoms with Crippen LogP contribution in [0.1, 0.15) is 18.1 Å². The van der Waals surface area contributed by atoms with Crippen LogP contribution in [-0.2, 0) is 12.1 Å². The maximum absolute atomic E-state index is 13.0. The predicted molar refractivity (Wildman–Crippen MR) is 80.5 cm³/mol. The van der Waals surface area contributed by atoms with E-state index in [-0.39, 0.29) is 18.9 Å². The van der Waals surface area contributed by atoms with E-state index in [9.17, 15) is 14.3 Å². The molecule has 6 heteroatoms. The van der Waals surface area contributed by atoms with Gasteiger partial charge in [0.2, 0.25) is 0 Å². The average molecular weight is 308 g/mol. The Hall–Kier alpha value is -1.92. The third-order valence-electron chi connectivity index (χ3n) is 3.08. The summed E-state index contributed by atoms with van der Waals surface area (Å²) >= 11 is 1.49. The van der Waals surface area contributed by atoms with Crippen LogP contribution >= 0.6 is 11.3 Å². The molecule has 2 rings (SSSR count). The van der Waals surface area contributed by atoms with Gasteiger partial charge in [-0.15, -0.1) is 0 Å². The molecule has 0 spiro atoms. The zero-order valence-corrected chi connectivity index (χ0v) is 12.4. The molecule has 0 aliphatic rings. The van der Waals surface area contributed by atoms with Crippen molar-refractivity contribution in [1.29, 1.82) is 0 Å². The van der Waals surface area contributed by atoms with Gasteiger partial charge in [-0.05, 0) is 47.0 Å². The lowest BCUT2D eigenvalue weighted by Crippen LogP contribution is -2.43. The van der Waals surface area contributed by atoms with Crippen molar-refractivity contribution in [1.82, 2.24) is 10.6 Å². The largest absolute Gasteiger partial charge is 0.384 e. The van der Waals surface area contributed by atoms with Crippen molar-refractivity contribution < 1.29 is 14.3 Å². The summed E-state index contributed by atoms with van der Waals surface area (Å²) in [7, 11) is 0. The zero-order valence-electron chi connectivity index (χ0n) is 11.6. The molecular formula is C15H17FN2O2S. The Balaban J connectivity index is 1.80. The van der Waals surface area contributed by atoms with E-state index >= 15 is 0 Å². The van der Waals surface area contributed by atoms with E-state index in [1.807, 2.05) is 16.8 Å². The molecule has 2 amide bonds. The van der Waals surface area contributed by atoms with Crippen LogP contribution in [0.4, 0.5) is 9.18 Å². The molecule has 0 aliphatic carbocycles. The van der Waals surface area contributed by atoms with Gasteiger partial charge in [-0.2, -0.15) is 11.3 Å². The van der Waals surface area contributed by atoms with Crippen molar-refractivity contribution in [2.75, 3.05) is 6.54 Å². The van der Waals surface area contributed by atoms with Crippen molar-refractivity contribution in [2.45, 2.75) is 19.1 Å². The number of rotatable bonds is 5. The number of halogens is 1. The molecule has 3 N–H and O–H groups in total. The van der Waals surface area contributed by atoms with Crippen molar-refractivity contribution in [3.63, 3.8) is 0 Å². The highest BCUT2D eigenvalue weighted by Crippen LogP contribution is 2.21. The molecular weight excluding hydrogens is 291 g/mol. The number of hydrogen-bond donors (Lipinski definition) is 3. The van der Waals surface area contributed by atoms with E-state index < -0.39 is 11.6 Å². The van der Waals surface area contributed by atoms with Crippen LogP contribution in [0.2, 0.25) is 0 Å². The molecule has 0 bridgehead atoms. The Kier molecular flexibility index (Phi) is 4.93. The van der Waals surface area contributed by atoms with Gasteiger partial charge in [-0.25, -0.2) is 9.18 Å². The first-order chi connectivity index (χ1) is 9.97. The molecule has 0 aliphatic heterocycles. The van der Waals surface area contributed by atoms with Crippen molar-refractivity contribution in [3.8, 4) is 0 Å². The van der Waals surface area contributed by atoms with Gasteiger partial charge in [0.05, 0.1) is 6.54 Å². The standard InChI is InChI=1S/C15H17FN2O2S/c1-15(20,12-5-6-21-9-12)10-18-14(19)17-8-11-3-2-4-13(16)7-11/h2-7,9,20H,8,10H2,1H3,(H2,17,18,19). The van der Waals surface area contributed by atoms with Gasteiger partial charge in [-0.1, -0.05) is 12.1 Å². The number of hydrogen-bond acceptors (Lipinski definition) is 3. The fourth-order valence-electron chi connectivity index (χ4n) is 1.82. The van der Waals surface area contributed by atoms with E-state index in [2.05, 4.69) is 10.6 Å². The molecule has 0 saturated carbocycles. The third-order valence-corrected chi connectivity index (χ3v) is 3.76. The molecule has 1 aromatic heterocycles. The topological polar surface area (TPSA) is 61.4 Å². The normalized spacial score (nSPS) is 13.5. The van der Waals surface area contributed by atoms with Gasteiger partial charge >= 0.3 is 6.03 Å². The van der Waals surface area contributed by atoms with E-state index in [1.165, 1.54) is 23.5 Å². The summed E-state index contributed by atoms with van der Waals surface area (Å²) in [5.74, 6) is -0.338. The number of amides is 2. The quantitative estimate of drug-likeness (QED) is 0.795. The molecule has 1 heterocycles. The van der Waals surface area contributed by atoms with E-state index in [4.69, 9.17) is 0 Å². The summed E-state index contributed by atoms with van der Waals surface area (Å²) in [6.45, 7) is 1.96. The summed E-state index contributed by atoms with van der Waals surface area (Å²) in [5.41, 5.74) is 0.323. The van der Waals surface area contributed by atoms with Gasteiger partial charge in [0.15, 0.2) is 0 Å². The van der Waals surface area contributed by atoms with Crippen molar-refractivity contribution in [3.05, 3.63) is 58.0 Å². The molecule has 1 aromatic carbocycles. The SMILES string of the molecule is CC(O)(CNC(=O)NCc1cccc(F)c1)c1ccsc1. The first kappa shape index (κ1) is 15.5. The maximum atomic E-state index is 13.0. The number of thiophene rings is 1. The van der Waals surface area contributed by atoms with Crippen LogP contribution in [-0.4, -0.2) is 17.7 Å². The number of nitrogens with one attached hydrogen (secondary N) is 2. The smallest absolute Gasteiger partial charge is 0.315 e. The van der Waals surface area contributed by atoms with Gasteiger partial charge in [0.25, 0.3) is 0 Å². The van der Waals surface area contributed by atoms with Crippen LogP contribution in [0, 0.1) is 5.82 Å². The minimum absolute atomic E-state index is 0.0959. The minimum atomic E-state index is -1.11. The van der Waals surface area contributed by atoms with Crippen LogP contribution < -0.4 is 10.6 Å². The zero-order chi connectivity index (χ0) is 15.3. The predicted octanol–water partition coefficient (Wildman–Crippen LogP) is 2.59. The van der Waals surface area contributed by atoms with Crippen molar-refractivity contribution >= 4 is 17.4 Å². The summed E-state index contributed by atoms with van der Waals surface area (Å²) in [5, 5.41) is 19.2. The molecule has 21 heavy (non-hydrogen) atoms. The van der Waals surface area contributed by atoms with Gasteiger partial charge in [0, 0.05) is 6.54 Å². The Bertz CT molecular complexity index is 599. The number of urea groups is 1. The Morgan fingerprint density at radius 1 is 1.38 bits per heavy atom. The molecule has 0 saturated heterocycles. The molecule has 112 valence electrons. The fourth-order valence-corrected chi connectivity index (χ4v) is 2.60. The summed E-state index contributed by atoms with van der Waals surface area (Å²) in [6, 6.07) is 7.44. The Morgan fingerprint density at radius 2 is 2.19 bits per heavy atom.